The predicted molar refractivity (Wildman–Crippen MR) is 106 cm³/mol. The molecule has 5 nitrogen and oxygen atoms in total. The lowest BCUT2D eigenvalue weighted by molar-refractivity contribution is -0.136. The highest BCUT2D eigenvalue weighted by atomic mass is 19.1. The van der Waals surface area contributed by atoms with Crippen molar-refractivity contribution in [2.75, 3.05) is 13.1 Å². The van der Waals surface area contributed by atoms with Crippen LogP contribution in [-0.4, -0.2) is 51.8 Å². The van der Waals surface area contributed by atoms with Crippen molar-refractivity contribution in [1.82, 2.24) is 14.8 Å². The SMILES string of the molecule is CC(=O)N1CC[C@H]2[C@H]1CCCCCN2C(=O)Cc1c(C)[nH]c2ccc(F)cc12. The molecule has 2 amide bonds. The topological polar surface area (TPSA) is 56.4 Å². The van der Waals surface area contributed by atoms with E-state index in [0.717, 1.165) is 67.4 Å². The number of nitrogens with one attached hydrogen (secondary N) is 1. The zero-order valence-electron chi connectivity index (χ0n) is 16.6. The number of carbonyl (C=O) groups is 2. The molecule has 2 fully saturated rings. The van der Waals surface area contributed by atoms with E-state index >= 15 is 0 Å². The van der Waals surface area contributed by atoms with E-state index in [0.29, 0.717) is 0 Å². The highest BCUT2D eigenvalue weighted by molar-refractivity contribution is 5.90. The molecule has 0 bridgehead atoms. The van der Waals surface area contributed by atoms with Gasteiger partial charge in [0, 0.05) is 36.6 Å². The van der Waals surface area contributed by atoms with Crippen molar-refractivity contribution < 1.29 is 14.0 Å². The van der Waals surface area contributed by atoms with Crippen molar-refractivity contribution in [2.24, 2.45) is 0 Å². The minimum atomic E-state index is -0.292. The number of H-pyrrole nitrogens is 1. The Morgan fingerprint density at radius 1 is 1.11 bits per heavy atom. The normalized spacial score (nSPS) is 22.8. The molecule has 0 radical (unpaired) electrons. The number of carbonyl (C=O) groups excluding carboxylic acids is 2. The summed E-state index contributed by atoms with van der Waals surface area (Å²) in [6.07, 6.45) is 5.25. The van der Waals surface area contributed by atoms with Crippen molar-refractivity contribution in [3.63, 3.8) is 0 Å². The number of benzene rings is 1. The number of rotatable bonds is 2. The van der Waals surface area contributed by atoms with Crippen LogP contribution >= 0.6 is 0 Å². The summed E-state index contributed by atoms with van der Waals surface area (Å²) in [6, 6.07) is 4.88. The summed E-state index contributed by atoms with van der Waals surface area (Å²) >= 11 is 0. The van der Waals surface area contributed by atoms with Gasteiger partial charge in [0.1, 0.15) is 5.82 Å². The summed E-state index contributed by atoms with van der Waals surface area (Å²) in [5, 5.41) is 0.784. The molecule has 4 rings (SSSR count). The highest BCUT2D eigenvalue weighted by Crippen LogP contribution is 2.31. The monoisotopic (exact) mass is 385 g/mol. The van der Waals surface area contributed by atoms with Crippen LogP contribution in [0.25, 0.3) is 10.9 Å². The summed E-state index contributed by atoms with van der Waals surface area (Å²) in [5.41, 5.74) is 2.64. The van der Waals surface area contributed by atoms with Gasteiger partial charge in [-0.3, -0.25) is 9.59 Å². The van der Waals surface area contributed by atoms with Crippen LogP contribution < -0.4 is 0 Å². The van der Waals surface area contributed by atoms with Crippen LogP contribution in [0.1, 0.15) is 50.3 Å². The van der Waals surface area contributed by atoms with Crippen LogP contribution in [-0.2, 0) is 16.0 Å². The molecule has 2 atom stereocenters. The molecule has 1 aromatic carbocycles. The second-order valence-electron chi connectivity index (χ2n) is 8.17. The Morgan fingerprint density at radius 2 is 1.89 bits per heavy atom. The smallest absolute Gasteiger partial charge is 0.227 e. The lowest BCUT2D eigenvalue weighted by Gasteiger charge is -2.37. The quantitative estimate of drug-likeness (QED) is 0.860. The van der Waals surface area contributed by atoms with Gasteiger partial charge in [0.05, 0.1) is 18.5 Å². The molecule has 1 N–H and O–H groups in total. The molecule has 2 aliphatic heterocycles. The van der Waals surface area contributed by atoms with Gasteiger partial charge >= 0.3 is 0 Å². The van der Waals surface area contributed by atoms with Crippen LogP contribution in [0.15, 0.2) is 18.2 Å². The Bertz CT molecular complexity index is 907. The molecule has 2 aromatic rings. The molecular weight excluding hydrogens is 357 g/mol. The molecular formula is C22H28FN3O2. The first kappa shape index (κ1) is 19.0. The Balaban J connectivity index is 1.61. The number of halogens is 1. The number of aryl methyl sites for hydroxylation is 1. The molecule has 0 aliphatic carbocycles. The largest absolute Gasteiger partial charge is 0.358 e. The van der Waals surface area contributed by atoms with Gasteiger partial charge in [-0.25, -0.2) is 4.39 Å². The Kier molecular flexibility index (Phi) is 5.13. The summed E-state index contributed by atoms with van der Waals surface area (Å²) in [5.74, 6) is -0.113. The van der Waals surface area contributed by atoms with Gasteiger partial charge in [0.15, 0.2) is 0 Å². The third-order valence-corrected chi connectivity index (χ3v) is 6.44. The van der Waals surface area contributed by atoms with E-state index in [4.69, 9.17) is 0 Å². The minimum Gasteiger partial charge on any atom is -0.358 e. The fourth-order valence-corrected chi connectivity index (χ4v) is 5.06. The van der Waals surface area contributed by atoms with Crippen LogP contribution in [0.4, 0.5) is 4.39 Å². The summed E-state index contributed by atoms with van der Waals surface area (Å²) in [4.78, 5) is 32.6. The van der Waals surface area contributed by atoms with Crippen LogP contribution in [0.3, 0.4) is 0 Å². The van der Waals surface area contributed by atoms with Gasteiger partial charge in [0.25, 0.3) is 0 Å². The molecule has 3 heterocycles. The van der Waals surface area contributed by atoms with Gasteiger partial charge in [0.2, 0.25) is 11.8 Å². The Morgan fingerprint density at radius 3 is 2.68 bits per heavy atom. The summed E-state index contributed by atoms with van der Waals surface area (Å²) in [7, 11) is 0. The maximum Gasteiger partial charge on any atom is 0.227 e. The van der Waals surface area contributed by atoms with E-state index in [1.165, 1.54) is 12.1 Å². The maximum absolute atomic E-state index is 13.8. The summed E-state index contributed by atoms with van der Waals surface area (Å²) < 4.78 is 13.8. The van der Waals surface area contributed by atoms with E-state index in [1.54, 1.807) is 13.0 Å². The predicted octanol–water partition coefficient (Wildman–Crippen LogP) is 3.55. The lowest BCUT2D eigenvalue weighted by atomic mass is 9.96. The number of hydrogen-bond acceptors (Lipinski definition) is 2. The first-order valence-electron chi connectivity index (χ1n) is 10.3. The Labute approximate surface area is 164 Å². The van der Waals surface area contributed by atoms with Gasteiger partial charge in [-0.05, 0) is 49.9 Å². The van der Waals surface area contributed by atoms with Gasteiger partial charge in [-0.1, -0.05) is 12.8 Å². The van der Waals surface area contributed by atoms with Crippen molar-refractivity contribution in [3.05, 3.63) is 35.3 Å². The van der Waals surface area contributed by atoms with E-state index in [1.807, 2.05) is 16.7 Å². The molecule has 0 spiro atoms. The summed E-state index contributed by atoms with van der Waals surface area (Å²) in [6.45, 7) is 5.02. The number of amides is 2. The molecule has 6 heteroatoms. The molecule has 1 aromatic heterocycles. The van der Waals surface area contributed by atoms with Crippen molar-refractivity contribution >= 4 is 22.7 Å². The molecule has 28 heavy (non-hydrogen) atoms. The molecule has 2 saturated heterocycles. The highest BCUT2D eigenvalue weighted by Gasteiger charge is 2.41. The Hall–Kier alpha value is -2.37. The van der Waals surface area contributed by atoms with Crippen molar-refractivity contribution in [2.45, 2.75) is 64.5 Å². The fourth-order valence-electron chi connectivity index (χ4n) is 5.06. The van der Waals surface area contributed by atoms with Crippen LogP contribution in [0, 0.1) is 12.7 Å². The van der Waals surface area contributed by atoms with Crippen molar-refractivity contribution in [3.8, 4) is 0 Å². The number of aromatic nitrogens is 1. The fraction of sp³-hybridized carbons (Fsp3) is 0.545. The number of likely N-dealkylation sites (tertiary alicyclic amines) is 2. The zero-order chi connectivity index (χ0) is 19.8. The molecule has 2 aliphatic rings. The van der Waals surface area contributed by atoms with E-state index < -0.39 is 0 Å². The van der Waals surface area contributed by atoms with E-state index in [9.17, 15) is 14.0 Å². The molecule has 0 saturated carbocycles. The number of fused-ring (bicyclic) bond motifs is 2. The molecule has 0 unspecified atom stereocenters. The van der Waals surface area contributed by atoms with E-state index in [2.05, 4.69) is 4.98 Å². The zero-order valence-corrected chi connectivity index (χ0v) is 16.6. The third-order valence-electron chi connectivity index (χ3n) is 6.44. The first-order chi connectivity index (χ1) is 13.5. The van der Waals surface area contributed by atoms with E-state index in [-0.39, 0.29) is 36.1 Å². The number of nitrogens with zero attached hydrogens (tertiary/aromatic N) is 2. The third kappa shape index (κ3) is 3.40. The number of hydrogen-bond donors (Lipinski definition) is 1. The second-order valence-corrected chi connectivity index (χ2v) is 8.17. The minimum absolute atomic E-state index is 0.0792. The van der Waals surface area contributed by atoms with Crippen LogP contribution in [0.5, 0.6) is 0 Å². The number of aromatic amines is 1. The molecule has 150 valence electrons. The van der Waals surface area contributed by atoms with Gasteiger partial charge in [-0.15, -0.1) is 0 Å². The van der Waals surface area contributed by atoms with Gasteiger partial charge < -0.3 is 14.8 Å². The second kappa shape index (κ2) is 7.57. The standard InChI is InChI=1S/C22H28FN3O2/c1-14-17(18-12-16(23)7-8-19(18)24-14)13-22(28)26-10-5-3-4-6-20-21(26)9-11-25(20)15(2)27/h7-8,12,20-21,24H,3-6,9-11,13H2,1-2H3/t20-,21+/m1/s1. The average Bonchev–Trinajstić information content (AvgIpc) is 3.16. The average molecular weight is 385 g/mol. The maximum atomic E-state index is 13.8. The lowest BCUT2D eigenvalue weighted by Crippen LogP contribution is -2.50. The van der Waals surface area contributed by atoms with Crippen molar-refractivity contribution in [1.29, 1.82) is 0 Å². The van der Waals surface area contributed by atoms with Gasteiger partial charge in [-0.2, -0.15) is 0 Å². The first-order valence-corrected chi connectivity index (χ1v) is 10.3. The van der Waals surface area contributed by atoms with Crippen LogP contribution in [0.2, 0.25) is 0 Å².